The molecule has 0 unspecified atom stereocenters. The number of rotatable bonds is 2. The first-order valence-corrected chi connectivity index (χ1v) is 4.39. The fraction of sp³-hybridized carbons (Fsp3) is 0.700. The largest absolute Gasteiger partial charge is 0.295 e. The Kier molecular flexibility index (Phi) is 2.86. The van der Waals surface area contributed by atoms with Gasteiger partial charge in [-0.15, -0.1) is 0 Å². The molecule has 0 N–H and O–H groups in total. The monoisotopic (exact) mass is 152 g/mol. The molecule has 1 fully saturated rings. The van der Waals surface area contributed by atoms with Gasteiger partial charge in [0.25, 0.3) is 0 Å². The zero-order valence-electron chi connectivity index (χ0n) is 7.39. The van der Waals surface area contributed by atoms with Crippen molar-refractivity contribution < 1.29 is 4.79 Å². The number of allylic oxidation sites excluding steroid dienone is 2. The van der Waals surface area contributed by atoms with Crippen LogP contribution in [0.3, 0.4) is 0 Å². The molecule has 1 saturated carbocycles. The number of carbonyl (C=O) groups is 1. The fourth-order valence-electron chi connectivity index (χ4n) is 1.82. The molecule has 0 bridgehead atoms. The lowest BCUT2D eigenvalue weighted by Gasteiger charge is -2.07. The minimum absolute atomic E-state index is 0.189. The summed E-state index contributed by atoms with van der Waals surface area (Å²) in [7, 11) is 0. The van der Waals surface area contributed by atoms with E-state index in [1.165, 1.54) is 31.3 Å². The van der Waals surface area contributed by atoms with Crippen molar-refractivity contribution in [2.24, 2.45) is 5.92 Å². The van der Waals surface area contributed by atoms with Crippen LogP contribution < -0.4 is 0 Å². The van der Waals surface area contributed by atoms with Crippen LogP contribution in [0.1, 0.15) is 39.5 Å². The number of ketones is 1. The highest BCUT2D eigenvalue weighted by Gasteiger charge is 2.16. The van der Waals surface area contributed by atoms with E-state index in [0.29, 0.717) is 5.92 Å². The van der Waals surface area contributed by atoms with Crippen LogP contribution in [0.25, 0.3) is 0 Å². The van der Waals surface area contributed by atoms with E-state index in [-0.39, 0.29) is 5.78 Å². The summed E-state index contributed by atoms with van der Waals surface area (Å²) in [5, 5.41) is 0. The normalized spacial score (nSPS) is 20.7. The standard InChI is InChI=1S/C10H16O/c1-8(7-9(2)11)10-5-3-4-6-10/h7,10H,3-6H2,1-2H3/b8-7+. The van der Waals surface area contributed by atoms with Gasteiger partial charge in [0.2, 0.25) is 0 Å². The summed E-state index contributed by atoms with van der Waals surface area (Å²) >= 11 is 0. The van der Waals surface area contributed by atoms with Crippen molar-refractivity contribution in [2.45, 2.75) is 39.5 Å². The SMILES string of the molecule is CC(=O)/C=C(\C)C1CCCC1. The molecule has 0 spiro atoms. The van der Waals surface area contributed by atoms with Gasteiger partial charge in [0.1, 0.15) is 0 Å². The molecule has 0 aromatic heterocycles. The van der Waals surface area contributed by atoms with E-state index in [9.17, 15) is 4.79 Å². The van der Waals surface area contributed by atoms with Crippen molar-refractivity contribution in [1.82, 2.24) is 0 Å². The van der Waals surface area contributed by atoms with E-state index in [2.05, 4.69) is 6.92 Å². The maximum atomic E-state index is 10.7. The first-order valence-electron chi connectivity index (χ1n) is 4.39. The average molecular weight is 152 g/mol. The van der Waals surface area contributed by atoms with Gasteiger partial charge in [-0.05, 0) is 38.7 Å². The van der Waals surface area contributed by atoms with Gasteiger partial charge in [0, 0.05) is 0 Å². The van der Waals surface area contributed by atoms with E-state index in [1.807, 2.05) is 0 Å². The second-order valence-corrected chi connectivity index (χ2v) is 3.48. The van der Waals surface area contributed by atoms with Crippen LogP contribution in [0.15, 0.2) is 11.6 Å². The van der Waals surface area contributed by atoms with Crippen molar-refractivity contribution in [3.8, 4) is 0 Å². The van der Waals surface area contributed by atoms with Gasteiger partial charge in [-0.3, -0.25) is 4.79 Å². The summed E-state index contributed by atoms with van der Waals surface area (Å²) in [4.78, 5) is 10.7. The third-order valence-corrected chi connectivity index (χ3v) is 2.43. The zero-order chi connectivity index (χ0) is 8.27. The highest BCUT2D eigenvalue weighted by atomic mass is 16.1. The van der Waals surface area contributed by atoms with Gasteiger partial charge in [-0.25, -0.2) is 0 Å². The van der Waals surface area contributed by atoms with Gasteiger partial charge in [0.05, 0.1) is 0 Å². The Labute approximate surface area is 68.5 Å². The summed E-state index contributed by atoms with van der Waals surface area (Å²) in [6.07, 6.45) is 7.04. The summed E-state index contributed by atoms with van der Waals surface area (Å²) in [5.41, 5.74) is 1.29. The molecule has 0 saturated heterocycles. The van der Waals surface area contributed by atoms with E-state index in [1.54, 1.807) is 13.0 Å². The predicted octanol–water partition coefficient (Wildman–Crippen LogP) is 2.71. The minimum Gasteiger partial charge on any atom is -0.295 e. The van der Waals surface area contributed by atoms with Crippen molar-refractivity contribution in [3.63, 3.8) is 0 Å². The number of carbonyl (C=O) groups excluding carboxylic acids is 1. The molecule has 0 aliphatic heterocycles. The van der Waals surface area contributed by atoms with E-state index >= 15 is 0 Å². The second kappa shape index (κ2) is 3.70. The Balaban J connectivity index is 2.51. The van der Waals surface area contributed by atoms with Crippen LogP contribution in [0, 0.1) is 5.92 Å². The zero-order valence-corrected chi connectivity index (χ0v) is 7.39. The van der Waals surface area contributed by atoms with Gasteiger partial charge >= 0.3 is 0 Å². The molecule has 1 aliphatic rings. The lowest BCUT2D eigenvalue weighted by molar-refractivity contribution is -0.112. The summed E-state index contributed by atoms with van der Waals surface area (Å²) in [6.45, 7) is 3.70. The Hall–Kier alpha value is -0.590. The number of hydrogen-bond acceptors (Lipinski definition) is 1. The third kappa shape index (κ3) is 2.49. The van der Waals surface area contributed by atoms with Crippen molar-refractivity contribution >= 4 is 5.78 Å². The van der Waals surface area contributed by atoms with Gasteiger partial charge in [0.15, 0.2) is 5.78 Å². The molecule has 0 aromatic carbocycles. The fourth-order valence-corrected chi connectivity index (χ4v) is 1.82. The molecule has 0 heterocycles. The highest BCUT2D eigenvalue weighted by molar-refractivity contribution is 5.87. The molecule has 1 aliphatic carbocycles. The molecule has 0 amide bonds. The van der Waals surface area contributed by atoms with Crippen LogP contribution in [-0.2, 0) is 4.79 Å². The van der Waals surface area contributed by atoms with Gasteiger partial charge in [-0.1, -0.05) is 18.4 Å². The molecule has 0 atom stereocenters. The van der Waals surface area contributed by atoms with E-state index < -0.39 is 0 Å². The lowest BCUT2D eigenvalue weighted by Crippen LogP contribution is -1.97. The van der Waals surface area contributed by atoms with Crippen LogP contribution in [-0.4, -0.2) is 5.78 Å². The topological polar surface area (TPSA) is 17.1 Å². The van der Waals surface area contributed by atoms with E-state index in [4.69, 9.17) is 0 Å². The molecule has 1 heteroatoms. The quantitative estimate of drug-likeness (QED) is 0.556. The molecular formula is C10H16O. The Morgan fingerprint density at radius 3 is 2.27 bits per heavy atom. The molecule has 0 radical (unpaired) electrons. The molecular weight excluding hydrogens is 136 g/mol. The summed E-state index contributed by atoms with van der Waals surface area (Å²) in [5.74, 6) is 0.897. The Morgan fingerprint density at radius 2 is 1.82 bits per heavy atom. The molecule has 62 valence electrons. The van der Waals surface area contributed by atoms with Crippen LogP contribution in [0.4, 0.5) is 0 Å². The third-order valence-electron chi connectivity index (χ3n) is 2.43. The predicted molar refractivity (Wildman–Crippen MR) is 46.4 cm³/mol. The van der Waals surface area contributed by atoms with Crippen molar-refractivity contribution in [2.75, 3.05) is 0 Å². The van der Waals surface area contributed by atoms with Crippen molar-refractivity contribution in [3.05, 3.63) is 11.6 Å². The summed E-state index contributed by atoms with van der Waals surface area (Å²) < 4.78 is 0. The minimum atomic E-state index is 0.189. The maximum Gasteiger partial charge on any atom is 0.152 e. The van der Waals surface area contributed by atoms with Gasteiger partial charge in [-0.2, -0.15) is 0 Å². The van der Waals surface area contributed by atoms with E-state index in [0.717, 1.165) is 0 Å². The highest BCUT2D eigenvalue weighted by Crippen LogP contribution is 2.30. The molecule has 1 nitrogen and oxygen atoms in total. The number of hydrogen-bond donors (Lipinski definition) is 0. The smallest absolute Gasteiger partial charge is 0.152 e. The van der Waals surface area contributed by atoms with Gasteiger partial charge < -0.3 is 0 Å². The lowest BCUT2D eigenvalue weighted by atomic mass is 9.98. The molecule has 1 rings (SSSR count). The Morgan fingerprint density at radius 1 is 1.27 bits per heavy atom. The second-order valence-electron chi connectivity index (χ2n) is 3.48. The maximum absolute atomic E-state index is 10.7. The summed E-state index contributed by atoms with van der Waals surface area (Å²) in [6, 6.07) is 0. The molecule has 11 heavy (non-hydrogen) atoms. The van der Waals surface area contributed by atoms with Crippen LogP contribution in [0.5, 0.6) is 0 Å². The average Bonchev–Trinajstić information content (AvgIpc) is 2.35. The Bertz CT molecular complexity index is 173. The first-order chi connectivity index (χ1) is 5.20. The van der Waals surface area contributed by atoms with Crippen molar-refractivity contribution in [1.29, 1.82) is 0 Å². The first kappa shape index (κ1) is 8.51. The van der Waals surface area contributed by atoms with Crippen LogP contribution >= 0.6 is 0 Å². The molecule has 0 aromatic rings. The van der Waals surface area contributed by atoms with Crippen LogP contribution in [0.2, 0.25) is 0 Å².